The summed E-state index contributed by atoms with van der Waals surface area (Å²) in [7, 11) is -3.71. The third-order valence-corrected chi connectivity index (χ3v) is 15.0. The van der Waals surface area contributed by atoms with Crippen LogP contribution in [0.5, 0.6) is 0 Å². The minimum absolute atomic E-state index is 0.0758. The summed E-state index contributed by atoms with van der Waals surface area (Å²) in [6.45, 7) is 27.3. The van der Waals surface area contributed by atoms with Gasteiger partial charge in [-0.2, -0.15) is 0 Å². The second kappa shape index (κ2) is 8.15. The van der Waals surface area contributed by atoms with E-state index in [-0.39, 0.29) is 28.0 Å². The Balaban J connectivity index is 5.18. The monoisotopic (exact) mass is 374 g/mol. The van der Waals surface area contributed by atoms with Crippen LogP contribution in [0.15, 0.2) is 0 Å². The molecule has 0 saturated carbocycles. The van der Waals surface area contributed by atoms with E-state index in [0.717, 1.165) is 6.29 Å². The molecule has 0 aromatic rings. The zero-order valence-corrected chi connectivity index (χ0v) is 20.2. The van der Waals surface area contributed by atoms with Gasteiger partial charge in [-0.25, -0.2) is 0 Å². The van der Waals surface area contributed by atoms with Gasteiger partial charge in [0.05, 0.1) is 6.10 Å². The normalized spacial score (nSPS) is 18.2. The van der Waals surface area contributed by atoms with Crippen molar-refractivity contribution in [1.29, 1.82) is 0 Å². The van der Waals surface area contributed by atoms with Crippen molar-refractivity contribution in [3.05, 3.63) is 0 Å². The van der Waals surface area contributed by atoms with Gasteiger partial charge < -0.3 is 13.6 Å². The van der Waals surface area contributed by atoms with E-state index in [1.807, 2.05) is 6.92 Å². The second-order valence-electron chi connectivity index (χ2n) is 10.4. The topological polar surface area (TPSA) is 35.5 Å². The summed E-state index contributed by atoms with van der Waals surface area (Å²) >= 11 is 0. The Morgan fingerprint density at radius 2 is 1.29 bits per heavy atom. The van der Waals surface area contributed by atoms with Crippen LogP contribution in [0.1, 0.15) is 55.4 Å². The van der Waals surface area contributed by atoms with Gasteiger partial charge in [0.25, 0.3) is 0 Å². The number of aldehydes is 1. The Morgan fingerprint density at radius 3 is 1.62 bits per heavy atom. The molecule has 0 rings (SSSR count). The minimum Gasteiger partial charge on any atom is -0.416 e. The van der Waals surface area contributed by atoms with Crippen LogP contribution < -0.4 is 0 Å². The summed E-state index contributed by atoms with van der Waals surface area (Å²) in [5, 5.41) is 0.326. The van der Waals surface area contributed by atoms with Crippen molar-refractivity contribution in [3.63, 3.8) is 0 Å². The van der Waals surface area contributed by atoms with Crippen molar-refractivity contribution in [1.82, 2.24) is 0 Å². The van der Waals surface area contributed by atoms with Crippen LogP contribution in [0.2, 0.25) is 36.3 Å². The van der Waals surface area contributed by atoms with Gasteiger partial charge in [-0.15, -0.1) is 0 Å². The van der Waals surface area contributed by atoms with Crippen molar-refractivity contribution >= 4 is 22.9 Å². The smallest absolute Gasteiger partial charge is 0.192 e. The largest absolute Gasteiger partial charge is 0.416 e. The number of hydrogen-bond donors (Lipinski definition) is 0. The standard InChI is InChI=1S/C19H42O3Si2/c1-15(13-20)17(22-24(11,12)19(6,7)8)16(2)14-21-23(9,10)18(3,4)5/h13,15-17H,14H2,1-12H3/t15-,16+,17-/m1/s1. The predicted octanol–water partition coefficient (Wildman–Crippen LogP) is 5.87. The number of hydrogen-bond acceptors (Lipinski definition) is 3. The molecule has 0 amide bonds. The van der Waals surface area contributed by atoms with E-state index in [2.05, 4.69) is 74.7 Å². The highest BCUT2D eigenvalue weighted by molar-refractivity contribution is 6.74. The van der Waals surface area contributed by atoms with E-state index in [1.54, 1.807) is 0 Å². The molecule has 0 aromatic carbocycles. The molecule has 0 spiro atoms. The molecule has 0 aliphatic carbocycles. The van der Waals surface area contributed by atoms with E-state index < -0.39 is 16.6 Å². The van der Waals surface area contributed by atoms with Gasteiger partial charge in [0, 0.05) is 18.4 Å². The maximum atomic E-state index is 11.4. The first-order chi connectivity index (χ1) is 10.5. The molecule has 0 N–H and O–H groups in total. The fourth-order valence-corrected chi connectivity index (χ4v) is 4.58. The molecule has 0 bridgehead atoms. The SMILES string of the molecule is C[C@H](C=O)[C@@H](O[Si](C)(C)C(C)(C)C)[C@@H](C)CO[Si](C)(C)C(C)(C)C. The molecule has 0 radical (unpaired) electrons. The van der Waals surface area contributed by atoms with Crippen LogP contribution in [0, 0.1) is 11.8 Å². The second-order valence-corrected chi connectivity index (χ2v) is 20.0. The molecule has 0 saturated heterocycles. The highest BCUT2D eigenvalue weighted by atomic mass is 28.4. The summed E-state index contributed by atoms with van der Waals surface area (Å²) in [5.74, 6) is 0.0885. The average molecular weight is 375 g/mol. The van der Waals surface area contributed by atoms with Crippen molar-refractivity contribution in [3.8, 4) is 0 Å². The van der Waals surface area contributed by atoms with E-state index in [4.69, 9.17) is 8.85 Å². The van der Waals surface area contributed by atoms with Crippen molar-refractivity contribution in [2.24, 2.45) is 11.8 Å². The third-order valence-electron chi connectivity index (χ3n) is 6.04. The van der Waals surface area contributed by atoms with Crippen LogP contribution in [0.3, 0.4) is 0 Å². The summed E-state index contributed by atoms with van der Waals surface area (Å²) in [6.07, 6.45) is 0.953. The molecule has 3 nitrogen and oxygen atoms in total. The van der Waals surface area contributed by atoms with Gasteiger partial charge >= 0.3 is 0 Å². The van der Waals surface area contributed by atoms with Gasteiger partial charge in [0.1, 0.15) is 6.29 Å². The average Bonchev–Trinajstić information content (AvgIpc) is 2.38. The molecule has 0 aliphatic heterocycles. The van der Waals surface area contributed by atoms with Crippen molar-refractivity contribution < 1.29 is 13.6 Å². The van der Waals surface area contributed by atoms with Gasteiger partial charge in [-0.1, -0.05) is 55.4 Å². The number of carbonyl (C=O) groups is 1. The molecular formula is C19H42O3Si2. The summed E-state index contributed by atoms with van der Waals surface area (Å²) in [4.78, 5) is 11.4. The Hall–Kier alpha value is 0.0238. The highest BCUT2D eigenvalue weighted by Gasteiger charge is 2.42. The molecule has 24 heavy (non-hydrogen) atoms. The minimum atomic E-state index is -1.92. The molecule has 0 aromatic heterocycles. The maximum absolute atomic E-state index is 11.4. The molecule has 0 heterocycles. The van der Waals surface area contributed by atoms with Crippen molar-refractivity contribution in [2.45, 2.75) is 97.8 Å². The Morgan fingerprint density at radius 1 is 0.875 bits per heavy atom. The molecule has 3 atom stereocenters. The molecule has 0 unspecified atom stereocenters. The Bertz CT molecular complexity index is 406. The third kappa shape index (κ3) is 6.39. The lowest BCUT2D eigenvalue weighted by molar-refractivity contribution is -0.114. The lowest BCUT2D eigenvalue weighted by atomic mass is 9.95. The Kier molecular flexibility index (Phi) is 8.16. The van der Waals surface area contributed by atoms with Crippen LogP contribution >= 0.6 is 0 Å². The highest BCUT2D eigenvalue weighted by Crippen LogP contribution is 2.40. The van der Waals surface area contributed by atoms with Crippen LogP contribution in [-0.4, -0.2) is 35.6 Å². The van der Waals surface area contributed by atoms with Crippen LogP contribution in [0.4, 0.5) is 0 Å². The molecular weight excluding hydrogens is 332 g/mol. The zero-order valence-electron chi connectivity index (χ0n) is 18.2. The van der Waals surface area contributed by atoms with Gasteiger partial charge in [0.2, 0.25) is 0 Å². The van der Waals surface area contributed by atoms with Gasteiger partial charge in [-0.3, -0.25) is 0 Å². The first kappa shape index (κ1) is 24.0. The van der Waals surface area contributed by atoms with Gasteiger partial charge in [0.15, 0.2) is 16.6 Å². The molecule has 0 aliphatic rings. The van der Waals surface area contributed by atoms with E-state index >= 15 is 0 Å². The molecule has 144 valence electrons. The van der Waals surface area contributed by atoms with E-state index in [9.17, 15) is 4.79 Å². The van der Waals surface area contributed by atoms with Crippen molar-refractivity contribution in [2.75, 3.05) is 6.61 Å². The zero-order chi connectivity index (χ0) is 19.6. The summed E-state index contributed by atoms with van der Waals surface area (Å²) in [5.41, 5.74) is 0. The fraction of sp³-hybridized carbons (Fsp3) is 0.947. The summed E-state index contributed by atoms with van der Waals surface area (Å²) in [6, 6.07) is 0. The first-order valence-corrected chi connectivity index (χ1v) is 15.0. The lowest BCUT2D eigenvalue weighted by Crippen LogP contribution is -2.49. The molecule has 0 fully saturated rings. The molecule has 5 heteroatoms. The summed E-state index contributed by atoms with van der Waals surface area (Å²) < 4.78 is 13.0. The number of carbonyl (C=O) groups excluding carboxylic acids is 1. The Labute approximate surface area is 153 Å². The van der Waals surface area contributed by atoms with Crippen LogP contribution in [-0.2, 0) is 13.6 Å². The number of rotatable bonds is 8. The predicted molar refractivity (Wildman–Crippen MR) is 110 cm³/mol. The fourth-order valence-electron chi connectivity index (χ4n) is 1.99. The quantitative estimate of drug-likeness (QED) is 0.394. The van der Waals surface area contributed by atoms with E-state index in [0.29, 0.717) is 6.61 Å². The first-order valence-electron chi connectivity index (χ1n) is 9.23. The van der Waals surface area contributed by atoms with Crippen LogP contribution in [0.25, 0.3) is 0 Å². The van der Waals surface area contributed by atoms with Gasteiger partial charge in [-0.05, 0) is 36.3 Å². The lowest BCUT2D eigenvalue weighted by Gasteiger charge is -2.43. The maximum Gasteiger partial charge on any atom is 0.192 e. The van der Waals surface area contributed by atoms with E-state index in [1.165, 1.54) is 0 Å².